The lowest BCUT2D eigenvalue weighted by molar-refractivity contribution is -0.385. The first kappa shape index (κ1) is 18.6. The first-order valence-electron chi connectivity index (χ1n) is 6.60. The molecule has 0 saturated carbocycles. The molecule has 0 aliphatic rings. The number of nitrogens with one attached hydrogen (secondary N) is 1. The molecule has 1 aromatic heterocycles. The Morgan fingerprint density at radius 2 is 2.28 bits per heavy atom. The SMILES string of the molecule is O=C(O)COc1c(Cl)cc(/C=N/Nc2ccc([N+](=O)[O-])cn2)cc1Br. The molecule has 0 aliphatic carbocycles. The number of aliphatic carboxylic acids is 1. The van der Waals surface area contributed by atoms with Crippen LogP contribution in [0.15, 0.2) is 40.0 Å². The molecule has 9 nitrogen and oxygen atoms in total. The van der Waals surface area contributed by atoms with Crippen molar-refractivity contribution in [3.63, 3.8) is 0 Å². The third kappa shape index (κ3) is 5.40. The van der Waals surface area contributed by atoms with Crippen LogP contribution in [-0.4, -0.2) is 33.8 Å². The van der Waals surface area contributed by atoms with Crippen LogP contribution >= 0.6 is 27.5 Å². The summed E-state index contributed by atoms with van der Waals surface area (Å²) in [6.45, 7) is -0.515. The van der Waals surface area contributed by atoms with Crippen LogP contribution in [-0.2, 0) is 4.79 Å². The van der Waals surface area contributed by atoms with E-state index in [-0.39, 0.29) is 16.5 Å². The highest BCUT2D eigenvalue weighted by Crippen LogP contribution is 2.34. The van der Waals surface area contributed by atoms with Gasteiger partial charge in [0, 0.05) is 6.07 Å². The van der Waals surface area contributed by atoms with Crippen molar-refractivity contribution in [3.8, 4) is 5.75 Å². The van der Waals surface area contributed by atoms with Crippen molar-refractivity contribution in [1.82, 2.24) is 4.98 Å². The van der Waals surface area contributed by atoms with Crippen LogP contribution in [0.25, 0.3) is 0 Å². The predicted molar refractivity (Wildman–Crippen MR) is 94.4 cm³/mol. The van der Waals surface area contributed by atoms with Gasteiger partial charge in [0.2, 0.25) is 0 Å². The van der Waals surface area contributed by atoms with E-state index in [1.807, 2.05) is 0 Å². The summed E-state index contributed by atoms with van der Waals surface area (Å²) in [7, 11) is 0. The zero-order valence-electron chi connectivity index (χ0n) is 12.3. The number of anilines is 1. The third-order valence-corrected chi connectivity index (χ3v) is 3.58. The van der Waals surface area contributed by atoms with Gasteiger partial charge in [-0.3, -0.25) is 15.5 Å². The van der Waals surface area contributed by atoms with Crippen LogP contribution in [0.3, 0.4) is 0 Å². The van der Waals surface area contributed by atoms with Gasteiger partial charge in [0.1, 0.15) is 12.0 Å². The summed E-state index contributed by atoms with van der Waals surface area (Å²) < 4.78 is 5.55. The Morgan fingerprint density at radius 1 is 1.52 bits per heavy atom. The molecule has 0 saturated heterocycles. The first-order valence-corrected chi connectivity index (χ1v) is 7.77. The third-order valence-electron chi connectivity index (χ3n) is 2.71. The van der Waals surface area contributed by atoms with Crippen molar-refractivity contribution >= 4 is 51.2 Å². The highest BCUT2D eigenvalue weighted by atomic mass is 79.9. The quantitative estimate of drug-likeness (QED) is 0.392. The van der Waals surface area contributed by atoms with Crippen molar-refractivity contribution in [1.29, 1.82) is 0 Å². The number of benzene rings is 1. The lowest BCUT2D eigenvalue weighted by Gasteiger charge is -2.09. The molecular weight excluding hydrogens is 420 g/mol. The average Bonchev–Trinajstić information content (AvgIpc) is 2.54. The van der Waals surface area contributed by atoms with Gasteiger partial charge in [0.05, 0.1) is 20.6 Å². The minimum Gasteiger partial charge on any atom is -0.479 e. The minimum absolute atomic E-state index is 0.123. The lowest BCUT2D eigenvalue weighted by Crippen LogP contribution is -2.10. The lowest BCUT2D eigenvalue weighted by atomic mass is 10.2. The Morgan fingerprint density at radius 3 is 2.84 bits per heavy atom. The number of carboxylic acid groups (broad SMARTS) is 1. The van der Waals surface area contributed by atoms with Crippen LogP contribution in [0.5, 0.6) is 5.75 Å². The molecular formula is C14H10BrClN4O5. The summed E-state index contributed by atoms with van der Waals surface area (Å²) in [4.78, 5) is 24.4. The van der Waals surface area contributed by atoms with E-state index >= 15 is 0 Å². The fourth-order valence-electron chi connectivity index (χ4n) is 1.66. The maximum Gasteiger partial charge on any atom is 0.341 e. The Labute approximate surface area is 154 Å². The molecule has 0 unspecified atom stereocenters. The second kappa shape index (κ2) is 8.40. The van der Waals surface area contributed by atoms with Crippen LogP contribution in [0.4, 0.5) is 11.5 Å². The topological polar surface area (TPSA) is 127 Å². The number of nitrogens with zero attached hydrogens (tertiary/aromatic N) is 3. The Hall–Kier alpha value is -2.72. The van der Waals surface area contributed by atoms with Crippen LogP contribution < -0.4 is 10.2 Å². The Bertz CT molecular complexity index is 805. The van der Waals surface area contributed by atoms with Crippen molar-refractivity contribution in [3.05, 3.63) is 55.6 Å². The summed E-state index contributed by atoms with van der Waals surface area (Å²) in [5.41, 5.74) is 3.10. The minimum atomic E-state index is -1.12. The van der Waals surface area contributed by atoms with Gasteiger partial charge in [0.25, 0.3) is 5.69 Å². The zero-order valence-corrected chi connectivity index (χ0v) is 14.7. The fraction of sp³-hybridized carbons (Fsp3) is 0.0714. The number of halogens is 2. The molecule has 0 bridgehead atoms. The summed E-state index contributed by atoms with van der Waals surface area (Å²) in [5, 5.41) is 23.3. The first-order chi connectivity index (χ1) is 11.9. The highest BCUT2D eigenvalue weighted by Gasteiger charge is 2.10. The second-order valence-electron chi connectivity index (χ2n) is 4.52. The molecule has 130 valence electrons. The van der Waals surface area contributed by atoms with E-state index < -0.39 is 17.5 Å². The molecule has 0 spiro atoms. The molecule has 0 atom stereocenters. The number of hydrogen-bond donors (Lipinski definition) is 2. The number of aromatic nitrogens is 1. The number of nitro groups is 1. The summed E-state index contributed by atoms with van der Waals surface area (Å²) >= 11 is 9.30. The smallest absolute Gasteiger partial charge is 0.341 e. The zero-order chi connectivity index (χ0) is 18.4. The number of carbonyl (C=O) groups is 1. The van der Waals surface area contributed by atoms with Crippen LogP contribution in [0.1, 0.15) is 5.56 Å². The number of pyridine rings is 1. The van der Waals surface area contributed by atoms with E-state index in [1.54, 1.807) is 6.07 Å². The molecule has 2 aromatic rings. The van der Waals surface area contributed by atoms with Gasteiger partial charge in [-0.25, -0.2) is 9.78 Å². The van der Waals surface area contributed by atoms with Gasteiger partial charge in [-0.2, -0.15) is 5.10 Å². The van der Waals surface area contributed by atoms with Crippen molar-refractivity contribution in [2.75, 3.05) is 12.0 Å². The van der Waals surface area contributed by atoms with Crippen LogP contribution in [0, 0.1) is 10.1 Å². The molecule has 0 amide bonds. The number of carboxylic acids is 1. The molecule has 2 rings (SSSR count). The van der Waals surface area contributed by atoms with E-state index in [4.69, 9.17) is 21.4 Å². The van der Waals surface area contributed by atoms with Gasteiger partial charge >= 0.3 is 5.97 Å². The molecule has 2 N–H and O–H groups in total. The monoisotopic (exact) mass is 428 g/mol. The normalized spacial score (nSPS) is 10.6. The maximum atomic E-state index is 10.5. The highest BCUT2D eigenvalue weighted by molar-refractivity contribution is 9.10. The van der Waals surface area contributed by atoms with Gasteiger partial charge in [-0.05, 0) is 39.7 Å². The Kier molecular flexibility index (Phi) is 6.25. The number of hydrogen-bond acceptors (Lipinski definition) is 7. The van der Waals surface area contributed by atoms with E-state index in [2.05, 4.69) is 31.4 Å². The summed E-state index contributed by atoms with van der Waals surface area (Å²) in [5.74, 6) is -0.576. The molecule has 25 heavy (non-hydrogen) atoms. The molecule has 1 aromatic carbocycles. The number of hydrazone groups is 1. The molecule has 0 fully saturated rings. The maximum absolute atomic E-state index is 10.5. The van der Waals surface area contributed by atoms with Crippen molar-refractivity contribution in [2.24, 2.45) is 5.10 Å². The number of ether oxygens (including phenoxy) is 1. The summed E-state index contributed by atoms with van der Waals surface area (Å²) in [6.07, 6.45) is 2.56. The van der Waals surface area contributed by atoms with Crippen LogP contribution in [0.2, 0.25) is 5.02 Å². The van der Waals surface area contributed by atoms with Crippen molar-refractivity contribution < 1.29 is 19.6 Å². The standard InChI is InChI=1S/C14H10BrClN4O5/c15-10-3-8(4-11(16)14(10)25-7-13(21)22)5-18-19-12-2-1-9(6-17-12)20(23)24/h1-6H,7H2,(H,17,19)(H,21,22)/b18-5+. The Balaban J connectivity index is 2.05. The molecule has 1 heterocycles. The van der Waals surface area contributed by atoms with Gasteiger partial charge in [-0.1, -0.05) is 11.6 Å². The fourth-order valence-corrected chi connectivity index (χ4v) is 2.65. The molecule has 0 radical (unpaired) electrons. The van der Waals surface area contributed by atoms with E-state index in [9.17, 15) is 14.9 Å². The van der Waals surface area contributed by atoms with Gasteiger partial charge < -0.3 is 9.84 Å². The van der Waals surface area contributed by atoms with E-state index in [1.165, 1.54) is 24.4 Å². The van der Waals surface area contributed by atoms with E-state index in [0.29, 0.717) is 15.9 Å². The van der Waals surface area contributed by atoms with E-state index in [0.717, 1.165) is 6.20 Å². The van der Waals surface area contributed by atoms with Gasteiger partial charge in [0.15, 0.2) is 12.4 Å². The largest absolute Gasteiger partial charge is 0.479 e. The predicted octanol–water partition coefficient (Wildman–Crippen LogP) is 3.32. The average molecular weight is 430 g/mol. The number of rotatable bonds is 7. The second-order valence-corrected chi connectivity index (χ2v) is 5.79. The van der Waals surface area contributed by atoms with Crippen molar-refractivity contribution in [2.45, 2.75) is 0 Å². The molecule has 11 heteroatoms. The summed E-state index contributed by atoms with van der Waals surface area (Å²) in [6, 6.07) is 5.89. The molecule has 0 aliphatic heterocycles. The van der Waals surface area contributed by atoms with Gasteiger partial charge in [-0.15, -0.1) is 0 Å².